The minimum Gasteiger partial charge on any atom is -0.367 e. The first-order chi connectivity index (χ1) is 14.0. The van der Waals surface area contributed by atoms with Crippen molar-refractivity contribution < 1.29 is 4.79 Å². The van der Waals surface area contributed by atoms with Gasteiger partial charge in [-0.25, -0.2) is 4.98 Å². The lowest BCUT2D eigenvalue weighted by Gasteiger charge is -2.36. The van der Waals surface area contributed by atoms with Crippen molar-refractivity contribution in [1.82, 2.24) is 9.88 Å². The molecule has 0 spiro atoms. The first kappa shape index (κ1) is 20.3. The molecular formula is C21H23ClN4OS2. The van der Waals surface area contributed by atoms with Gasteiger partial charge in [-0.3, -0.25) is 4.79 Å². The van der Waals surface area contributed by atoms with Crippen LogP contribution in [-0.4, -0.2) is 48.5 Å². The molecule has 3 aromatic rings. The summed E-state index contributed by atoms with van der Waals surface area (Å²) >= 11 is 9.30. The Hall–Kier alpha value is -1.93. The number of rotatable bonds is 5. The molecule has 1 saturated heterocycles. The van der Waals surface area contributed by atoms with Crippen LogP contribution in [0.5, 0.6) is 0 Å². The standard InChI is InChI=1S/C21H23ClN4OS2/c1-3-25-8-10-26(11-9-25)17-7-6-15(22)13-16(17)24-20(27)19-14(2)23-21(29-19)18-5-4-12-28-18/h4-7,12-13H,3,8-11H2,1-2H3,(H,24,27). The molecule has 29 heavy (non-hydrogen) atoms. The first-order valence-corrected chi connectivity index (χ1v) is 11.7. The Morgan fingerprint density at radius 1 is 1.24 bits per heavy atom. The summed E-state index contributed by atoms with van der Waals surface area (Å²) in [5, 5.41) is 6.59. The average Bonchev–Trinajstić information content (AvgIpc) is 3.38. The van der Waals surface area contributed by atoms with Crippen LogP contribution < -0.4 is 10.2 Å². The Labute approximate surface area is 183 Å². The maximum Gasteiger partial charge on any atom is 0.267 e. The number of halogens is 1. The molecule has 1 N–H and O–H groups in total. The van der Waals surface area contributed by atoms with Gasteiger partial charge in [-0.1, -0.05) is 24.6 Å². The number of hydrogen-bond acceptors (Lipinski definition) is 6. The highest BCUT2D eigenvalue weighted by Gasteiger charge is 2.22. The van der Waals surface area contributed by atoms with Gasteiger partial charge in [0.05, 0.1) is 21.9 Å². The molecule has 0 atom stereocenters. The van der Waals surface area contributed by atoms with Crippen molar-refractivity contribution in [2.24, 2.45) is 0 Å². The van der Waals surface area contributed by atoms with Gasteiger partial charge in [0, 0.05) is 31.2 Å². The van der Waals surface area contributed by atoms with Crippen LogP contribution in [0, 0.1) is 6.92 Å². The summed E-state index contributed by atoms with van der Waals surface area (Å²) < 4.78 is 0. The van der Waals surface area contributed by atoms with Crippen LogP contribution >= 0.6 is 34.3 Å². The Morgan fingerprint density at radius 2 is 2.03 bits per heavy atom. The van der Waals surface area contributed by atoms with Crippen LogP contribution in [0.2, 0.25) is 5.02 Å². The fourth-order valence-electron chi connectivity index (χ4n) is 3.48. The minimum atomic E-state index is -0.140. The van der Waals surface area contributed by atoms with Crippen LogP contribution in [-0.2, 0) is 0 Å². The molecule has 1 aliphatic rings. The number of nitrogens with zero attached hydrogens (tertiary/aromatic N) is 3. The lowest BCUT2D eigenvalue weighted by atomic mass is 10.2. The number of anilines is 2. The number of thiazole rings is 1. The number of carbonyl (C=O) groups excluding carboxylic acids is 1. The van der Waals surface area contributed by atoms with Gasteiger partial charge in [-0.15, -0.1) is 22.7 Å². The largest absolute Gasteiger partial charge is 0.367 e. The zero-order chi connectivity index (χ0) is 20.4. The number of piperazine rings is 1. The predicted octanol–water partition coefficient (Wildman–Crippen LogP) is 5.23. The molecule has 8 heteroatoms. The molecule has 0 unspecified atom stereocenters. The van der Waals surface area contributed by atoms with Gasteiger partial charge in [0.25, 0.3) is 5.91 Å². The summed E-state index contributed by atoms with van der Waals surface area (Å²) in [6.07, 6.45) is 0. The molecule has 0 saturated carbocycles. The normalized spacial score (nSPS) is 14.9. The number of aromatic nitrogens is 1. The monoisotopic (exact) mass is 446 g/mol. The van der Waals surface area contributed by atoms with E-state index in [-0.39, 0.29) is 5.91 Å². The molecule has 1 amide bonds. The SMILES string of the molecule is CCN1CCN(c2ccc(Cl)cc2NC(=O)c2sc(-c3cccs3)nc2C)CC1. The van der Waals surface area contributed by atoms with Crippen molar-refractivity contribution in [3.8, 4) is 9.88 Å². The molecular weight excluding hydrogens is 424 g/mol. The third kappa shape index (κ3) is 4.48. The molecule has 5 nitrogen and oxygen atoms in total. The number of aryl methyl sites for hydroxylation is 1. The molecule has 1 aromatic carbocycles. The first-order valence-electron chi connectivity index (χ1n) is 9.64. The van der Waals surface area contributed by atoms with E-state index in [4.69, 9.17) is 11.6 Å². The Bertz CT molecular complexity index is 994. The van der Waals surface area contributed by atoms with E-state index in [2.05, 4.69) is 27.0 Å². The molecule has 2 aromatic heterocycles. The Morgan fingerprint density at radius 3 is 2.72 bits per heavy atom. The summed E-state index contributed by atoms with van der Waals surface area (Å²) in [5.74, 6) is -0.140. The van der Waals surface area contributed by atoms with Gasteiger partial charge < -0.3 is 15.1 Å². The topological polar surface area (TPSA) is 48.5 Å². The number of nitrogens with one attached hydrogen (secondary N) is 1. The zero-order valence-corrected chi connectivity index (χ0v) is 18.8. The lowest BCUT2D eigenvalue weighted by molar-refractivity contribution is 0.103. The van der Waals surface area contributed by atoms with Gasteiger partial charge in [0.15, 0.2) is 0 Å². The van der Waals surface area contributed by atoms with Crippen molar-refractivity contribution in [3.63, 3.8) is 0 Å². The number of likely N-dealkylation sites (N-methyl/N-ethyl adjacent to an activating group) is 1. The smallest absolute Gasteiger partial charge is 0.267 e. The highest BCUT2D eigenvalue weighted by atomic mass is 35.5. The van der Waals surface area contributed by atoms with Crippen molar-refractivity contribution in [2.45, 2.75) is 13.8 Å². The van der Waals surface area contributed by atoms with E-state index in [1.54, 1.807) is 11.3 Å². The highest BCUT2D eigenvalue weighted by Crippen LogP contribution is 2.34. The van der Waals surface area contributed by atoms with Crippen LogP contribution in [0.25, 0.3) is 9.88 Å². The van der Waals surface area contributed by atoms with E-state index in [0.717, 1.165) is 59.7 Å². The van der Waals surface area contributed by atoms with E-state index in [9.17, 15) is 4.79 Å². The molecule has 4 rings (SSSR count). The molecule has 0 bridgehead atoms. The van der Waals surface area contributed by atoms with Crippen LogP contribution in [0.4, 0.5) is 11.4 Å². The van der Waals surface area contributed by atoms with E-state index in [1.807, 2.05) is 42.6 Å². The van der Waals surface area contributed by atoms with E-state index in [1.165, 1.54) is 11.3 Å². The quantitative estimate of drug-likeness (QED) is 0.583. The Kier molecular flexibility index (Phi) is 6.20. The third-order valence-corrected chi connectivity index (χ3v) is 7.53. The van der Waals surface area contributed by atoms with Crippen molar-refractivity contribution in [1.29, 1.82) is 0 Å². The van der Waals surface area contributed by atoms with E-state index >= 15 is 0 Å². The summed E-state index contributed by atoms with van der Waals surface area (Å²) in [6, 6.07) is 9.72. The number of hydrogen-bond donors (Lipinski definition) is 1. The predicted molar refractivity (Wildman–Crippen MR) is 124 cm³/mol. The number of carbonyl (C=O) groups is 1. The van der Waals surface area contributed by atoms with Gasteiger partial charge >= 0.3 is 0 Å². The molecule has 0 radical (unpaired) electrons. The average molecular weight is 447 g/mol. The molecule has 1 aliphatic heterocycles. The number of amides is 1. The second-order valence-electron chi connectivity index (χ2n) is 6.95. The zero-order valence-electron chi connectivity index (χ0n) is 16.4. The van der Waals surface area contributed by atoms with Crippen molar-refractivity contribution in [2.75, 3.05) is 42.9 Å². The second-order valence-corrected chi connectivity index (χ2v) is 9.33. The minimum absolute atomic E-state index is 0.140. The summed E-state index contributed by atoms with van der Waals surface area (Å²) in [4.78, 5) is 24.1. The van der Waals surface area contributed by atoms with Gasteiger partial charge in [0.2, 0.25) is 0 Å². The van der Waals surface area contributed by atoms with Gasteiger partial charge in [0.1, 0.15) is 9.88 Å². The van der Waals surface area contributed by atoms with E-state index < -0.39 is 0 Å². The molecule has 3 heterocycles. The molecule has 0 aliphatic carbocycles. The van der Waals surface area contributed by atoms with Crippen LogP contribution in [0.15, 0.2) is 35.7 Å². The van der Waals surface area contributed by atoms with E-state index in [0.29, 0.717) is 9.90 Å². The molecule has 1 fully saturated rings. The van der Waals surface area contributed by atoms with Crippen molar-refractivity contribution in [3.05, 3.63) is 51.3 Å². The summed E-state index contributed by atoms with van der Waals surface area (Å²) in [6.45, 7) is 9.03. The van der Waals surface area contributed by atoms with Gasteiger partial charge in [-0.2, -0.15) is 0 Å². The van der Waals surface area contributed by atoms with Crippen LogP contribution in [0.1, 0.15) is 22.3 Å². The number of benzene rings is 1. The van der Waals surface area contributed by atoms with Gasteiger partial charge in [-0.05, 0) is 43.1 Å². The lowest BCUT2D eigenvalue weighted by Crippen LogP contribution is -2.46. The fraction of sp³-hybridized carbons (Fsp3) is 0.333. The highest BCUT2D eigenvalue weighted by molar-refractivity contribution is 7.22. The molecule has 152 valence electrons. The summed E-state index contributed by atoms with van der Waals surface area (Å²) in [5.41, 5.74) is 2.51. The maximum atomic E-state index is 13.1. The number of thiophene rings is 1. The second kappa shape index (κ2) is 8.83. The third-order valence-electron chi connectivity index (χ3n) is 5.10. The fourth-order valence-corrected chi connectivity index (χ4v) is 5.41. The maximum absolute atomic E-state index is 13.1. The summed E-state index contributed by atoms with van der Waals surface area (Å²) in [7, 11) is 0. The van der Waals surface area contributed by atoms with Crippen molar-refractivity contribution >= 4 is 51.6 Å². The van der Waals surface area contributed by atoms with Crippen LogP contribution in [0.3, 0.4) is 0 Å². The Balaban J connectivity index is 1.56.